The first-order valence-electron chi connectivity index (χ1n) is 42.6. The summed E-state index contributed by atoms with van der Waals surface area (Å²) in [4.78, 5) is 24.7. The van der Waals surface area contributed by atoms with Crippen LogP contribution in [-0.2, 0) is 14.3 Å². The summed E-state index contributed by atoms with van der Waals surface area (Å²) in [5.74, 6) is -0.0112. The Morgan fingerprint density at radius 2 is 0.511 bits per heavy atom. The molecule has 0 spiro atoms. The molecule has 0 aliphatic rings. The molecule has 6 nitrogen and oxygen atoms in total. The van der Waals surface area contributed by atoms with Crippen molar-refractivity contribution in [2.75, 3.05) is 13.2 Å². The Morgan fingerprint density at radius 1 is 0.293 bits per heavy atom. The highest BCUT2D eigenvalue weighted by atomic mass is 16.5. The molecule has 6 heteroatoms. The molecule has 0 heterocycles. The van der Waals surface area contributed by atoms with E-state index in [1.54, 1.807) is 0 Å². The molecule has 546 valence electrons. The molecule has 0 saturated carbocycles. The van der Waals surface area contributed by atoms with Crippen molar-refractivity contribution in [1.82, 2.24) is 5.32 Å². The Kier molecular flexibility index (Phi) is 80.3. The van der Waals surface area contributed by atoms with Gasteiger partial charge in [0.05, 0.1) is 25.4 Å². The maximum atomic E-state index is 12.6. The summed E-state index contributed by atoms with van der Waals surface area (Å²) in [5.41, 5.74) is 0. The average Bonchev–Trinajstić information content (AvgIpc) is 3.61. The number of carbonyl (C=O) groups is 2. The van der Waals surface area contributed by atoms with Crippen molar-refractivity contribution >= 4 is 11.9 Å². The molecule has 0 fully saturated rings. The first-order valence-corrected chi connectivity index (χ1v) is 42.6. The number of hydrogen-bond donors (Lipinski definition) is 3. The van der Waals surface area contributed by atoms with Gasteiger partial charge in [-0.15, -0.1) is 0 Å². The third-order valence-electron chi connectivity index (χ3n) is 20.2. The zero-order valence-corrected chi connectivity index (χ0v) is 62.8. The first kappa shape index (κ1) is 90.3. The number of ether oxygens (including phenoxy) is 1. The first-order chi connectivity index (χ1) is 45.5. The molecule has 0 radical (unpaired) electrons. The van der Waals surface area contributed by atoms with Crippen molar-refractivity contribution in [2.24, 2.45) is 0 Å². The summed E-state index contributed by atoms with van der Waals surface area (Å²) in [6.07, 6.45) is 106. The van der Waals surface area contributed by atoms with Gasteiger partial charge in [-0.3, -0.25) is 9.59 Å². The van der Waals surface area contributed by atoms with E-state index in [9.17, 15) is 19.8 Å². The Morgan fingerprint density at radius 3 is 0.772 bits per heavy atom. The number of aliphatic hydroxyl groups excluding tert-OH is 2. The lowest BCUT2D eigenvalue weighted by molar-refractivity contribution is -0.143. The van der Waals surface area contributed by atoms with Gasteiger partial charge >= 0.3 is 5.97 Å². The van der Waals surface area contributed by atoms with Gasteiger partial charge in [-0.1, -0.05) is 423 Å². The molecule has 0 aliphatic carbocycles. The second-order valence-corrected chi connectivity index (χ2v) is 29.5. The van der Waals surface area contributed by atoms with Crippen LogP contribution in [-0.4, -0.2) is 47.4 Å². The van der Waals surface area contributed by atoms with E-state index in [-0.39, 0.29) is 18.5 Å². The molecule has 1 amide bonds. The molecule has 3 N–H and O–H groups in total. The third-order valence-corrected chi connectivity index (χ3v) is 20.2. The molecule has 0 aromatic rings. The minimum atomic E-state index is -0.663. The number of aliphatic hydroxyl groups is 2. The van der Waals surface area contributed by atoms with Crippen LogP contribution in [0.25, 0.3) is 0 Å². The van der Waals surface area contributed by atoms with E-state index in [0.717, 1.165) is 44.9 Å². The summed E-state index contributed by atoms with van der Waals surface area (Å²) in [7, 11) is 0. The molecule has 0 rings (SSSR count). The number of esters is 1. The van der Waals surface area contributed by atoms with E-state index in [1.165, 1.54) is 411 Å². The molecule has 0 aliphatic heterocycles. The van der Waals surface area contributed by atoms with Gasteiger partial charge in [0.15, 0.2) is 0 Å². The molecular weight excluding hydrogens is 1130 g/mol. The van der Waals surface area contributed by atoms with Crippen molar-refractivity contribution < 1.29 is 24.5 Å². The monoisotopic (exact) mass is 1290 g/mol. The minimum Gasteiger partial charge on any atom is -0.466 e. The van der Waals surface area contributed by atoms with Crippen LogP contribution in [0.2, 0.25) is 0 Å². The number of carbonyl (C=O) groups excluding carboxylic acids is 2. The van der Waals surface area contributed by atoms with Crippen LogP contribution in [0, 0.1) is 0 Å². The second kappa shape index (κ2) is 81.8. The largest absolute Gasteiger partial charge is 0.466 e. The van der Waals surface area contributed by atoms with Crippen molar-refractivity contribution in [2.45, 2.75) is 501 Å². The Labute approximate surface area is 577 Å². The Bertz CT molecular complexity index is 1450. The summed E-state index contributed by atoms with van der Waals surface area (Å²) in [6, 6.07) is -0.540. The van der Waals surface area contributed by atoms with E-state index in [1.807, 2.05) is 0 Å². The van der Waals surface area contributed by atoms with Crippen LogP contribution in [0.3, 0.4) is 0 Å². The van der Waals surface area contributed by atoms with Crippen LogP contribution in [0.5, 0.6) is 0 Å². The number of nitrogens with one attached hydrogen (secondary N) is 1. The number of hydrogen-bond acceptors (Lipinski definition) is 5. The zero-order chi connectivity index (χ0) is 66.3. The van der Waals surface area contributed by atoms with Crippen molar-refractivity contribution in [3.8, 4) is 0 Å². The number of amides is 1. The number of rotatable bonds is 81. The van der Waals surface area contributed by atoms with Gasteiger partial charge < -0.3 is 20.3 Å². The molecule has 2 unspecified atom stereocenters. The number of allylic oxidation sites excluding steroid dienone is 4. The maximum absolute atomic E-state index is 12.6. The summed E-state index contributed by atoms with van der Waals surface area (Å²) < 4.78 is 5.50. The normalized spacial score (nSPS) is 12.5. The summed E-state index contributed by atoms with van der Waals surface area (Å²) in [5, 5.41) is 23.5. The standard InChI is InChI=1S/C86H167NO5/c1-3-5-7-9-11-13-15-17-19-21-22-23-24-38-41-44-47-50-54-58-62-66-70-74-78-84(89)83(82-88)87-85(90)79-75-71-67-63-59-55-51-48-45-42-39-36-34-32-30-28-26-25-27-29-31-33-35-37-40-43-46-49-53-57-61-65-69-73-77-81-92-86(91)80-76-72-68-64-60-56-52-20-18-16-14-12-10-8-6-4-2/h20,27,29,52,83-84,88-89H,3-19,21-26,28,30-51,53-82H2,1-2H3,(H,87,90)/b29-27-,52-20-. The van der Waals surface area contributed by atoms with Gasteiger partial charge in [-0.05, 0) is 77.0 Å². The van der Waals surface area contributed by atoms with Crippen molar-refractivity contribution in [3.05, 3.63) is 24.3 Å². The second-order valence-electron chi connectivity index (χ2n) is 29.5. The fourth-order valence-electron chi connectivity index (χ4n) is 13.8. The van der Waals surface area contributed by atoms with Crippen LogP contribution in [0.4, 0.5) is 0 Å². The van der Waals surface area contributed by atoms with E-state index in [4.69, 9.17) is 4.74 Å². The van der Waals surface area contributed by atoms with Gasteiger partial charge in [0.2, 0.25) is 5.91 Å². The lowest BCUT2D eigenvalue weighted by Crippen LogP contribution is -2.45. The topological polar surface area (TPSA) is 95.9 Å². The van der Waals surface area contributed by atoms with Crippen molar-refractivity contribution in [3.63, 3.8) is 0 Å². The highest BCUT2D eigenvalue weighted by Gasteiger charge is 2.20. The highest BCUT2D eigenvalue weighted by Crippen LogP contribution is 2.21. The Hall–Kier alpha value is -1.66. The maximum Gasteiger partial charge on any atom is 0.305 e. The van der Waals surface area contributed by atoms with E-state index >= 15 is 0 Å². The molecular formula is C86H167NO5. The predicted octanol–water partition coefficient (Wildman–Crippen LogP) is 28.4. The summed E-state index contributed by atoms with van der Waals surface area (Å²) >= 11 is 0. The van der Waals surface area contributed by atoms with Crippen LogP contribution >= 0.6 is 0 Å². The smallest absolute Gasteiger partial charge is 0.305 e. The van der Waals surface area contributed by atoms with E-state index in [2.05, 4.69) is 43.5 Å². The predicted molar refractivity (Wildman–Crippen MR) is 407 cm³/mol. The van der Waals surface area contributed by atoms with Crippen LogP contribution in [0.1, 0.15) is 489 Å². The molecule has 0 aromatic carbocycles. The van der Waals surface area contributed by atoms with Gasteiger partial charge in [0.1, 0.15) is 0 Å². The molecule has 0 saturated heterocycles. The quantitative estimate of drug-likeness (QED) is 0.0320. The SMILES string of the molecule is CCCCCCCCC/C=C\CCCCCCCC(=O)OCCCCCCCCCCCCCCCC/C=C\CCCCCCCCCCCCCCCCCCCC(=O)NC(CO)C(O)CCCCCCCCCCCCCCCCCCCCCCCCCC. The number of unbranched alkanes of at least 4 members (excludes halogenated alkanes) is 66. The zero-order valence-electron chi connectivity index (χ0n) is 62.8. The van der Waals surface area contributed by atoms with Gasteiger partial charge in [0.25, 0.3) is 0 Å². The third kappa shape index (κ3) is 77.3. The van der Waals surface area contributed by atoms with Gasteiger partial charge in [-0.2, -0.15) is 0 Å². The minimum absolute atomic E-state index is 0.0140. The fraction of sp³-hybridized carbons (Fsp3) is 0.930. The van der Waals surface area contributed by atoms with Crippen LogP contribution < -0.4 is 5.32 Å². The van der Waals surface area contributed by atoms with Crippen LogP contribution in [0.15, 0.2) is 24.3 Å². The Balaban J connectivity index is 3.34. The van der Waals surface area contributed by atoms with Gasteiger partial charge in [-0.25, -0.2) is 0 Å². The molecule has 92 heavy (non-hydrogen) atoms. The van der Waals surface area contributed by atoms with Crippen molar-refractivity contribution in [1.29, 1.82) is 0 Å². The molecule has 0 aromatic heterocycles. The average molecular weight is 1300 g/mol. The molecule has 2 atom stereocenters. The van der Waals surface area contributed by atoms with E-state index < -0.39 is 12.1 Å². The van der Waals surface area contributed by atoms with Gasteiger partial charge in [0, 0.05) is 12.8 Å². The highest BCUT2D eigenvalue weighted by molar-refractivity contribution is 5.76. The summed E-state index contributed by atoms with van der Waals surface area (Å²) in [6.45, 7) is 5.01. The lowest BCUT2D eigenvalue weighted by Gasteiger charge is -2.22. The fourth-order valence-corrected chi connectivity index (χ4v) is 13.8. The molecule has 0 bridgehead atoms. The van der Waals surface area contributed by atoms with E-state index in [0.29, 0.717) is 25.9 Å². The lowest BCUT2D eigenvalue weighted by atomic mass is 10.0.